The Balaban J connectivity index is 2.19. The molecule has 5 heteroatoms. The lowest BCUT2D eigenvalue weighted by Crippen LogP contribution is -2.74. The standard InChI is InChI=1S/C16H28N2O3/c1-4-15(3)14(20)18(11-8-12-21-5-2)16(13(19)17-15)9-6-7-10-16/h4-12H2,1-3H3,(H,17,19). The zero-order valence-electron chi connectivity index (χ0n) is 13.5. The summed E-state index contributed by atoms with van der Waals surface area (Å²) in [6.45, 7) is 7.69. The topological polar surface area (TPSA) is 58.6 Å². The third-order valence-corrected chi connectivity index (χ3v) is 5.06. The molecule has 1 spiro atoms. The Morgan fingerprint density at radius 2 is 1.90 bits per heavy atom. The molecule has 1 saturated carbocycles. The van der Waals surface area contributed by atoms with E-state index in [1.54, 1.807) is 0 Å². The van der Waals surface area contributed by atoms with E-state index >= 15 is 0 Å². The number of nitrogens with zero attached hydrogens (tertiary/aromatic N) is 1. The molecule has 0 radical (unpaired) electrons. The van der Waals surface area contributed by atoms with E-state index < -0.39 is 11.1 Å². The average Bonchev–Trinajstić information content (AvgIpc) is 2.95. The monoisotopic (exact) mass is 296 g/mol. The van der Waals surface area contributed by atoms with Crippen molar-refractivity contribution in [1.29, 1.82) is 0 Å². The van der Waals surface area contributed by atoms with Crippen molar-refractivity contribution in [1.82, 2.24) is 10.2 Å². The quantitative estimate of drug-likeness (QED) is 0.761. The maximum atomic E-state index is 12.9. The number of ether oxygens (including phenoxy) is 1. The van der Waals surface area contributed by atoms with Crippen LogP contribution in [0.3, 0.4) is 0 Å². The molecule has 1 N–H and O–H groups in total. The fourth-order valence-electron chi connectivity index (χ4n) is 3.52. The Bertz CT molecular complexity index is 404. The Labute approximate surface area is 127 Å². The number of carbonyl (C=O) groups is 2. The largest absolute Gasteiger partial charge is 0.382 e. The number of carbonyl (C=O) groups excluding carboxylic acids is 2. The SMILES string of the molecule is CCOCCCN1C(=O)C(C)(CC)NC(=O)C12CCCC2. The van der Waals surface area contributed by atoms with Gasteiger partial charge >= 0.3 is 0 Å². The second kappa shape index (κ2) is 6.34. The van der Waals surface area contributed by atoms with Crippen molar-refractivity contribution in [2.75, 3.05) is 19.8 Å². The predicted octanol–water partition coefficient (Wildman–Crippen LogP) is 1.85. The van der Waals surface area contributed by atoms with Crippen molar-refractivity contribution >= 4 is 11.8 Å². The lowest BCUT2D eigenvalue weighted by Gasteiger charge is -2.50. The summed E-state index contributed by atoms with van der Waals surface area (Å²) >= 11 is 0. The molecule has 21 heavy (non-hydrogen) atoms. The van der Waals surface area contributed by atoms with Crippen molar-refractivity contribution in [2.24, 2.45) is 0 Å². The van der Waals surface area contributed by atoms with Crippen LogP contribution in [-0.4, -0.2) is 47.6 Å². The molecule has 1 unspecified atom stereocenters. The molecule has 2 aliphatic rings. The molecule has 0 aromatic rings. The van der Waals surface area contributed by atoms with E-state index in [-0.39, 0.29) is 11.8 Å². The molecule has 1 atom stereocenters. The van der Waals surface area contributed by atoms with Crippen molar-refractivity contribution in [2.45, 2.75) is 70.4 Å². The number of rotatable bonds is 6. The summed E-state index contributed by atoms with van der Waals surface area (Å²) in [5.41, 5.74) is -1.35. The zero-order chi connectivity index (χ0) is 15.5. The lowest BCUT2D eigenvalue weighted by atomic mass is 9.83. The predicted molar refractivity (Wildman–Crippen MR) is 80.9 cm³/mol. The molecule has 1 saturated heterocycles. The number of amides is 2. The average molecular weight is 296 g/mol. The molecule has 5 nitrogen and oxygen atoms in total. The van der Waals surface area contributed by atoms with Crippen LogP contribution in [-0.2, 0) is 14.3 Å². The van der Waals surface area contributed by atoms with Gasteiger partial charge in [-0.25, -0.2) is 0 Å². The fraction of sp³-hybridized carbons (Fsp3) is 0.875. The minimum Gasteiger partial charge on any atom is -0.382 e. The maximum absolute atomic E-state index is 12.9. The first-order chi connectivity index (χ1) is 10.00. The van der Waals surface area contributed by atoms with E-state index in [1.165, 1.54) is 0 Å². The van der Waals surface area contributed by atoms with E-state index in [2.05, 4.69) is 5.32 Å². The van der Waals surface area contributed by atoms with Crippen LogP contribution in [0.1, 0.15) is 59.3 Å². The molecule has 1 heterocycles. The number of hydrogen-bond acceptors (Lipinski definition) is 3. The molecule has 0 aromatic carbocycles. The lowest BCUT2D eigenvalue weighted by molar-refractivity contribution is -0.162. The van der Waals surface area contributed by atoms with Gasteiger partial charge in [-0.1, -0.05) is 19.8 Å². The molecule has 1 aliphatic heterocycles. The molecule has 2 fully saturated rings. The van der Waals surface area contributed by atoms with Gasteiger partial charge in [-0.15, -0.1) is 0 Å². The van der Waals surface area contributed by atoms with E-state index in [1.807, 2.05) is 25.7 Å². The van der Waals surface area contributed by atoms with Gasteiger partial charge in [-0.2, -0.15) is 0 Å². The van der Waals surface area contributed by atoms with Gasteiger partial charge < -0.3 is 15.0 Å². The molecule has 1 aliphatic carbocycles. The minimum absolute atomic E-state index is 0.0420. The molecule has 0 bridgehead atoms. The van der Waals surface area contributed by atoms with Crippen molar-refractivity contribution in [3.63, 3.8) is 0 Å². The summed E-state index contributed by atoms with van der Waals surface area (Å²) in [7, 11) is 0. The summed E-state index contributed by atoms with van der Waals surface area (Å²) < 4.78 is 5.38. The van der Waals surface area contributed by atoms with Gasteiger partial charge in [0, 0.05) is 19.8 Å². The van der Waals surface area contributed by atoms with Crippen LogP contribution in [0, 0.1) is 0 Å². The van der Waals surface area contributed by atoms with E-state index in [4.69, 9.17) is 4.74 Å². The Morgan fingerprint density at radius 3 is 2.48 bits per heavy atom. The molecular formula is C16H28N2O3. The van der Waals surface area contributed by atoms with Crippen LogP contribution < -0.4 is 5.32 Å². The second-order valence-corrected chi connectivity index (χ2v) is 6.39. The van der Waals surface area contributed by atoms with Crippen molar-refractivity contribution < 1.29 is 14.3 Å². The summed E-state index contributed by atoms with van der Waals surface area (Å²) in [5, 5.41) is 3.00. The third-order valence-electron chi connectivity index (χ3n) is 5.06. The zero-order valence-corrected chi connectivity index (χ0v) is 13.5. The van der Waals surface area contributed by atoms with Crippen LogP contribution in [0.2, 0.25) is 0 Å². The van der Waals surface area contributed by atoms with Crippen LogP contribution >= 0.6 is 0 Å². The van der Waals surface area contributed by atoms with Crippen LogP contribution in [0.5, 0.6) is 0 Å². The highest BCUT2D eigenvalue weighted by Crippen LogP contribution is 2.40. The van der Waals surface area contributed by atoms with Crippen LogP contribution in [0.4, 0.5) is 0 Å². The molecule has 2 amide bonds. The summed E-state index contributed by atoms with van der Waals surface area (Å²) in [6, 6.07) is 0. The highest BCUT2D eigenvalue weighted by atomic mass is 16.5. The molecular weight excluding hydrogens is 268 g/mol. The van der Waals surface area contributed by atoms with Gasteiger partial charge in [0.25, 0.3) is 0 Å². The van der Waals surface area contributed by atoms with Gasteiger partial charge in [0.05, 0.1) is 0 Å². The van der Waals surface area contributed by atoms with Gasteiger partial charge in [0.15, 0.2) is 0 Å². The van der Waals surface area contributed by atoms with Gasteiger partial charge in [-0.05, 0) is 39.5 Å². The molecule has 2 rings (SSSR count). The summed E-state index contributed by atoms with van der Waals surface area (Å²) in [4.78, 5) is 27.5. The Kier molecular flexibility index (Phi) is 4.91. The van der Waals surface area contributed by atoms with E-state index in [9.17, 15) is 9.59 Å². The molecule has 0 aromatic heterocycles. The number of piperazine rings is 1. The normalized spacial score (nSPS) is 28.2. The third kappa shape index (κ3) is 2.80. The smallest absolute Gasteiger partial charge is 0.248 e. The number of nitrogens with one attached hydrogen (secondary N) is 1. The first-order valence-electron chi connectivity index (χ1n) is 8.22. The highest BCUT2D eigenvalue weighted by Gasteiger charge is 2.56. The van der Waals surface area contributed by atoms with Gasteiger partial charge in [-0.3, -0.25) is 9.59 Å². The van der Waals surface area contributed by atoms with Gasteiger partial charge in [0.2, 0.25) is 11.8 Å². The fourth-order valence-corrected chi connectivity index (χ4v) is 3.52. The first-order valence-corrected chi connectivity index (χ1v) is 8.22. The van der Waals surface area contributed by atoms with Crippen LogP contribution in [0.25, 0.3) is 0 Å². The van der Waals surface area contributed by atoms with E-state index in [0.717, 1.165) is 32.1 Å². The Hall–Kier alpha value is -1.10. The van der Waals surface area contributed by atoms with Crippen LogP contribution in [0.15, 0.2) is 0 Å². The maximum Gasteiger partial charge on any atom is 0.248 e. The van der Waals surface area contributed by atoms with Crippen molar-refractivity contribution in [3.05, 3.63) is 0 Å². The minimum atomic E-state index is -0.753. The Morgan fingerprint density at radius 1 is 1.24 bits per heavy atom. The second-order valence-electron chi connectivity index (χ2n) is 6.39. The van der Waals surface area contributed by atoms with Crippen molar-refractivity contribution in [3.8, 4) is 0 Å². The summed E-state index contributed by atoms with van der Waals surface area (Å²) in [5.74, 6) is 0.114. The van der Waals surface area contributed by atoms with Gasteiger partial charge in [0.1, 0.15) is 11.1 Å². The molecule has 120 valence electrons. The first kappa shape index (κ1) is 16.3. The summed E-state index contributed by atoms with van der Waals surface area (Å²) in [6.07, 6.45) is 5.03. The van der Waals surface area contributed by atoms with E-state index in [0.29, 0.717) is 26.2 Å². The number of hydrogen-bond donors (Lipinski definition) is 1. The highest BCUT2D eigenvalue weighted by molar-refractivity contribution is 6.02.